The summed E-state index contributed by atoms with van der Waals surface area (Å²) in [6.45, 7) is 0. The highest BCUT2D eigenvalue weighted by molar-refractivity contribution is 6.73. The summed E-state index contributed by atoms with van der Waals surface area (Å²) in [5.74, 6) is 0. The molecule has 112 valence electrons. The number of hydrogen-bond donors (Lipinski definition) is 0. The highest BCUT2D eigenvalue weighted by Crippen LogP contribution is 2.09. The second kappa shape index (κ2) is 6.99. The van der Waals surface area contributed by atoms with Crippen LogP contribution < -0.4 is 20.7 Å². The zero-order chi connectivity index (χ0) is 16.2. The molecule has 0 N–H and O–H groups in total. The summed E-state index contributed by atoms with van der Waals surface area (Å²) < 4.78 is 0. The van der Waals surface area contributed by atoms with Gasteiger partial charge in [0.05, 0.1) is 0 Å². The molecular formula is C22H16Si2. The molecule has 0 aliphatic rings. The van der Waals surface area contributed by atoms with Crippen LogP contribution in [0.3, 0.4) is 0 Å². The van der Waals surface area contributed by atoms with E-state index in [0.29, 0.717) is 19.0 Å². The molecular weight excluding hydrogens is 320 g/mol. The normalized spacial score (nSPS) is 10.8. The predicted molar refractivity (Wildman–Crippen MR) is 107 cm³/mol. The molecule has 4 radical (unpaired) electrons. The van der Waals surface area contributed by atoms with Crippen molar-refractivity contribution in [3.05, 3.63) is 97.1 Å². The van der Waals surface area contributed by atoms with Gasteiger partial charge in [0.15, 0.2) is 0 Å². The van der Waals surface area contributed by atoms with Gasteiger partial charge in [-0.15, -0.1) is 0 Å². The van der Waals surface area contributed by atoms with Crippen LogP contribution in [0.1, 0.15) is 0 Å². The van der Waals surface area contributed by atoms with Crippen LogP contribution >= 0.6 is 0 Å². The molecule has 0 aliphatic heterocycles. The van der Waals surface area contributed by atoms with E-state index >= 15 is 0 Å². The molecule has 0 bridgehead atoms. The maximum atomic E-state index is 2.32. The van der Waals surface area contributed by atoms with Gasteiger partial charge in [0.1, 0.15) is 19.0 Å². The van der Waals surface area contributed by atoms with Crippen LogP contribution in [0, 0.1) is 0 Å². The molecule has 0 unspecified atom stereocenters. The van der Waals surface area contributed by atoms with Crippen LogP contribution in [0.25, 0.3) is 10.8 Å². The van der Waals surface area contributed by atoms with Crippen LogP contribution in [0.4, 0.5) is 0 Å². The van der Waals surface area contributed by atoms with Gasteiger partial charge in [-0.25, -0.2) is 0 Å². The van der Waals surface area contributed by atoms with Crippen LogP contribution in [0.2, 0.25) is 0 Å². The van der Waals surface area contributed by atoms with Gasteiger partial charge in [-0.2, -0.15) is 0 Å². The second-order valence-electron chi connectivity index (χ2n) is 5.69. The monoisotopic (exact) mass is 336 g/mol. The fourth-order valence-electron chi connectivity index (χ4n) is 2.87. The van der Waals surface area contributed by atoms with Crippen LogP contribution in [0.5, 0.6) is 0 Å². The van der Waals surface area contributed by atoms with Gasteiger partial charge in [0.2, 0.25) is 0 Å². The lowest BCUT2D eigenvalue weighted by Crippen LogP contribution is -2.32. The average molecular weight is 337 g/mol. The Morgan fingerprint density at radius 1 is 0.375 bits per heavy atom. The summed E-state index contributed by atoms with van der Waals surface area (Å²) in [5.41, 5.74) is 0. The molecule has 0 amide bonds. The van der Waals surface area contributed by atoms with Gasteiger partial charge in [-0.3, -0.25) is 0 Å². The number of benzene rings is 4. The maximum absolute atomic E-state index is 2.32. The standard InChI is InChI=1S/C22H16Si2/c1-3-9-17(10-4-1)23-21-15-16-22(20-14-8-7-13-19(20)21)24-18-11-5-2-6-12-18/h1-16H. The molecule has 0 spiro atoms. The third-order valence-corrected chi connectivity index (χ3v) is 6.68. The van der Waals surface area contributed by atoms with Gasteiger partial charge in [-0.1, -0.05) is 118 Å². The largest absolute Gasteiger partial charge is 0.122 e. The highest BCUT2D eigenvalue weighted by Gasteiger charge is 2.08. The molecule has 2 heteroatoms. The Balaban J connectivity index is 1.74. The molecule has 0 aliphatic carbocycles. The highest BCUT2D eigenvalue weighted by atomic mass is 28.2. The summed E-state index contributed by atoms with van der Waals surface area (Å²) >= 11 is 0. The first-order valence-corrected chi connectivity index (χ1v) is 10.1. The lowest BCUT2D eigenvalue weighted by molar-refractivity contribution is 1.76. The molecule has 4 aromatic carbocycles. The van der Waals surface area contributed by atoms with Crippen molar-refractivity contribution < 1.29 is 0 Å². The predicted octanol–water partition coefficient (Wildman–Crippen LogP) is 2.15. The van der Waals surface area contributed by atoms with E-state index in [-0.39, 0.29) is 0 Å². The third-order valence-electron chi connectivity index (χ3n) is 4.03. The first kappa shape index (κ1) is 15.1. The maximum Gasteiger partial charge on any atom is 0.122 e. The minimum absolute atomic E-state index is 0.698. The van der Waals surface area contributed by atoms with Crippen molar-refractivity contribution in [2.24, 2.45) is 0 Å². The van der Waals surface area contributed by atoms with Crippen molar-refractivity contribution in [1.82, 2.24) is 0 Å². The molecule has 0 nitrogen and oxygen atoms in total. The van der Waals surface area contributed by atoms with Crippen LogP contribution in [0.15, 0.2) is 97.1 Å². The Morgan fingerprint density at radius 3 is 1.17 bits per heavy atom. The van der Waals surface area contributed by atoms with Crippen molar-refractivity contribution >= 4 is 50.6 Å². The Bertz CT molecular complexity index is 867. The molecule has 0 saturated heterocycles. The minimum atomic E-state index is 0.698. The summed E-state index contributed by atoms with van der Waals surface area (Å²) in [6, 6.07) is 35.0. The topological polar surface area (TPSA) is 0 Å². The molecule has 0 heterocycles. The Kier molecular flexibility index (Phi) is 4.41. The van der Waals surface area contributed by atoms with E-state index < -0.39 is 0 Å². The van der Waals surface area contributed by atoms with Gasteiger partial charge in [0, 0.05) is 0 Å². The van der Waals surface area contributed by atoms with Gasteiger partial charge in [-0.05, 0) is 10.8 Å². The van der Waals surface area contributed by atoms with Crippen molar-refractivity contribution in [3.8, 4) is 0 Å². The van der Waals surface area contributed by atoms with Crippen molar-refractivity contribution in [1.29, 1.82) is 0 Å². The van der Waals surface area contributed by atoms with Gasteiger partial charge >= 0.3 is 0 Å². The fourth-order valence-corrected chi connectivity index (χ4v) is 5.25. The van der Waals surface area contributed by atoms with Crippen LogP contribution in [-0.4, -0.2) is 19.0 Å². The lowest BCUT2D eigenvalue weighted by atomic mass is 10.1. The van der Waals surface area contributed by atoms with Crippen molar-refractivity contribution in [3.63, 3.8) is 0 Å². The summed E-state index contributed by atoms with van der Waals surface area (Å²) in [6.07, 6.45) is 0. The van der Waals surface area contributed by atoms with Crippen molar-refractivity contribution in [2.75, 3.05) is 0 Å². The average Bonchev–Trinajstić information content (AvgIpc) is 2.65. The summed E-state index contributed by atoms with van der Waals surface area (Å²) in [4.78, 5) is 0. The summed E-state index contributed by atoms with van der Waals surface area (Å²) in [7, 11) is 1.40. The quantitative estimate of drug-likeness (QED) is 0.501. The lowest BCUT2D eigenvalue weighted by Gasteiger charge is -2.11. The molecule has 0 saturated carbocycles. The van der Waals surface area contributed by atoms with Gasteiger partial charge in [0.25, 0.3) is 0 Å². The Hall–Kier alpha value is -2.43. The van der Waals surface area contributed by atoms with E-state index in [1.54, 1.807) is 0 Å². The van der Waals surface area contributed by atoms with E-state index in [2.05, 4.69) is 97.1 Å². The Morgan fingerprint density at radius 2 is 0.750 bits per heavy atom. The van der Waals surface area contributed by atoms with E-state index in [9.17, 15) is 0 Å². The summed E-state index contributed by atoms with van der Waals surface area (Å²) in [5, 5.41) is 8.42. The first-order chi connectivity index (χ1) is 11.9. The number of fused-ring (bicyclic) bond motifs is 1. The zero-order valence-electron chi connectivity index (χ0n) is 13.2. The molecule has 0 fully saturated rings. The van der Waals surface area contributed by atoms with Gasteiger partial charge < -0.3 is 0 Å². The van der Waals surface area contributed by atoms with E-state index in [0.717, 1.165) is 0 Å². The first-order valence-electron chi connectivity index (χ1n) is 8.06. The van der Waals surface area contributed by atoms with E-state index in [1.165, 1.54) is 31.5 Å². The molecule has 0 atom stereocenters. The fraction of sp³-hybridized carbons (Fsp3) is 0. The molecule has 4 rings (SSSR count). The zero-order valence-corrected chi connectivity index (χ0v) is 15.2. The molecule has 4 aromatic rings. The van der Waals surface area contributed by atoms with Crippen molar-refractivity contribution in [2.45, 2.75) is 0 Å². The molecule has 24 heavy (non-hydrogen) atoms. The number of rotatable bonds is 4. The SMILES string of the molecule is c1ccc([Si]c2ccc([Si]c3ccccc3)c3ccccc23)cc1. The molecule has 0 aromatic heterocycles. The van der Waals surface area contributed by atoms with E-state index in [1.807, 2.05) is 0 Å². The smallest absolute Gasteiger partial charge is 0.0631 e. The third kappa shape index (κ3) is 3.25. The van der Waals surface area contributed by atoms with Crippen LogP contribution in [-0.2, 0) is 0 Å². The second-order valence-corrected chi connectivity index (χ2v) is 8.42. The minimum Gasteiger partial charge on any atom is -0.0631 e. The Labute approximate surface area is 147 Å². The number of hydrogen-bond acceptors (Lipinski definition) is 0. The van der Waals surface area contributed by atoms with E-state index in [4.69, 9.17) is 0 Å².